The van der Waals surface area contributed by atoms with Gasteiger partial charge in [0.2, 0.25) is 0 Å². The summed E-state index contributed by atoms with van der Waals surface area (Å²) in [5.74, 6) is 0. The van der Waals surface area contributed by atoms with E-state index in [0.717, 1.165) is 38.0 Å². The predicted octanol–water partition coefficient (Wildman–Crippen LogP) is 2.07. The highest BCUT2D eigenvalue weighted by Gasteiger charge is 2.29. The van der Waals surface area contributed by atoms with E-state index in [2.05, 4.69) is 20.2 Å². The van der Waals surface area contributed by atoms with Gasteiger partial charge in [0.15, 0.2) is 0 Å². The predicted molar refractivity (Wildman–Crippen MR) is 120 cm³/mol. The molecule has 0 radical (unpaired) electrons. The van der Waals surface area contributed by atoms with E-state index in [1.807, 2.05) is 6.07 Å². The highest BCUT2D eigenvalue weighted by molar-refractivity contribution is 6.41. The van der Waals surface area contributed by atoms with Gasteiger partial charge >= 0.3 is 0 Å². The van der Waals surface area contributed by atoms with Crippen molar-refractivity contribution in [3.05, 3.63) is 67.0 Å². The van der Waals surface area contributed by atoms with Crippen molar-refractivity contribution in [3.63, 3.8) is 0 Å². The van der Waals surface area contributed by atoms with Crippen LogP contribution in [0.1, 0.15) is 24.4 Å². The maximum absolute atomic E-state index is 12.5. The number of hydrogen-bond donors (Lipinski definition) is 1. The van der Waals surface area contributed by atoms with Crippen LogP contribution in [0.2, 0.25) is 10.2 Å². The Morgan fingerprint density at radius 2 is 1.87 bits per heavy atom. The van der Waals surface area contributed by atoms with Crippen molar-refractivity contribution in [2.45, 2.75) is 38.0 Å². The Morgan fingerprint density at radius 3 is 2.65 bits per heavy atom. The molecule has 1 atom stereocenters. The van der Waals surface area contributed by atoms with E-state index >= 15 is 0 Å². The van der Waals surface area contributed by atoms with E-state index in [1.165, 1.54) is 12.3 Å². The van der Waals surface area contributed by atoms with Crippen molar-refractivity contribution >= 4 is 34.4 Å². The molecular weight excluding hydrogens is 439 g/mol. The molecule has 2 aliphatic rings. The lowest BCUT2D eigenvalue weighted by Gasteiger charge is -2.34. The van der Waals surface area contributed by atoms with Gasteiger partial charge in [0.25, 0.3) is 11.1 Å². The molecule has 0 bridgehead atoms. The summed E-state index contributed by atoms with van der Waals surface area (Å²) in [7, 11) is 0. The third-order valence-corrected chi connectivity index (χ3v) is 6.86. The van der Waals surface area contributed by atoms with Crippen LogP contribution >= 0.6 is 23.2 Å². The van der Waals surface area contributed by atoms with Crippen LogP contribution in [0.5, 0.6) is 0 Å². The standard InChI is InChI=1S/C21H22Cl2N6O2/c22-16-7-13(9-26-20(16)23)8-24-14-3-5-27(6-4-14)11-15-12-28-18(30)2-1-17-21(28)29(15)19(31)10-25-17/h1-2,7,9-10,14-15,24H,3-6,8,11-12H2. The first kappa shape index (κ1) is 20.6. The molecule has 0 saturated carbocycles. The Morgan fingerprint density at radius 1 is 1.06 bits per heavy atom. The highest BCUT2D eigenvalue weighted by Crippen LogP contribution is 2.24. The number of hydrogen-bond acceptors (Lipinski definition) is 6. The zero-order valence-electron chi connectivity index (χ0n) is 16.8. The molecule has 2 aliphatic heterocycles. The summed E-state index contributed by atoms with van der Waals surface area (Å²) in [6.45, 7) is 3.81. The van der Waals surface area contributed by atoms with Crippen LogP contribution in [-0.2, 0) is 13.1 Å². The molecule has 10 heteroatoms. The normalized spacial score (nSPS) is 19.4. The Labute approximate surface area is 188 Å². The summed E-state index contributed by atoms with van der Waals surface area (Å²) in [5, 5.41) is 4.35. The van der Waals surface area contributed by atoms with Crippen LogP contribution < -0.4 is 16.4 Å². The SMILES string of the molecule is O=c1ccc2ncc(=O)n3c2n1CC3CN1CCC(NCc2cnc(Cl)c(Cl)c2)CC1. The molecule has 0 aliphatic carbocycles. The van der Waals surface area contributed by atoms with Crippen molar-refractivity contribution in [3.8, 4) is 0 Å². The second kappa shape index (κ2) is 8.35. The van der Waals surface area contributed by atoms with E-state index in [-0.39, 0.29) is 17.2 Å². The van der Waals surface area contributed by atoms with E-state index in [1.54, 1.807) is 21.4 Å². The Bertz CT molecular complexity index is 1240. The Kier molecular flexibility index (Phi) is 5.56. The Balaban J connectivity index is 1.21. The number of likely N-dealkylation sites (tertiary alicyclic amines) is 1. The van der Waals surface area contributed by atoms with Gasteiger partial charge in [0.1, 0.15) is 16.3 Å². The number of nitrogens with zero attached hydrogens (tertiary/aromatic N) is 5. The summed E-state index contributed by atoms with van der Waals surface area (Å²) in [6, 6.07) is 5.40. The first-order chi connectivity index (χ1) is 15.0. The molecule has 5 rings (SSSR count). The van der Waals surface area contributed by atoms with Crippen LogP contribution in [0, 0.1) is 0 Å². The minimum Gasteiger partial charge on any atom is -0.310 e. The molecule has 31 heavy (non-hydrogen) atoms. The van der Waals surface area contributed by atoms with Crippen LogP contribution in [-0.4, -0.2) is 49.7 Å². The van der Waals surface area contributed by atoms with E-state index < -0.39 is 0 Å². The van der Waals surface area contributed by atoms with Gasteiger partial charge in [-0.15, -0.1) is 0 Å². The highest BCUT2D eigenvalue weighted by atomic mass is 35.5. The molecule has 8 nitrogen and oxygen atoms in total. The molecule has 1 saturated heterocycles. The van der Waals surface area contributed by atoms with Crippen molar-refractivity contribution in [2.24, 2.45) is 0 Å². The number of piperidine rings is 1. The molecule has 3 aromatic heterocycles. The second-order valence-corrected chi connectivity index (χ2v) is 8.95. The molecular formula is C21H22Cl2N6O2. The fourth-order valence-corrected chi connectivity index (χ4v) is 4.89. The molecule has 0 amide bonds. The molecule has 0 spiro atoms. The van der Waals surface area contributed by atoms with Gasteiger partial charge in [-0.2, -0.15) is 0 Å². The maximum Gasteiger partial charge on any atom is 0.270 e. The fourth-order valence-electron chi connectivity index (χ4n) is 4.60. The van der Waals surface area contributed by atoms with Gasteiger partial charge < -0.3 is 10.2 Å². The minimum atomic E-state index is -0.152. The van der Waals surface area contributed by atoms with Crippen molar-refractivity contribution in [1.29, 1.82) is 0 Å². The molecule has 3 aromatic rings. The lowest BCUT2D eigenvalue weighted by Crippen LogP contribution is -2.44. The third-order valence-electron chi connectivity index (χ3n) is 6.18. The summed E-state index contributed by atoms with van der Waals surface area (Å²) in [5.41, 5.74) is 2.09. The number of pyridine rings is 2. The van der Waals surface area contributed by atoms with E-state index in [0.29, 0.717) is 40.5 Å². The molecule has 162 valence electrons. The molecule has 0 aromatic carbocycles. The first-order valence-electron chi connectivity index (χ1n) is 10.4. The van der Waals surface area contributed by atoms with Crippen LogP contribution in [0.4, 0.5) is 0 Å². The van der Waals surface area contributed by atoms with Crippen molar-refractivity contribution < 1.29 is 0 Å². The Hall–Kier alpha value is -2.26. The van der Waals surface area contributed by atoms with Gasteiger partial charge in [-0.05, 0) is 43.6 Å². The minimum absolute atomic E-state index is 0.0557. The molecule has 1 N–H and O–H groups in total. The average molecular weight is 461 g/mol. The summed E-state index contributed by atoms with van der Waals surface area (Å²) < 4.78 is 3.42. The quantitative estimate of drug-likeness (QED) is 0.586. The molecule has 1 unspecified atom stereocenters. The van der Waals surface area contributed by atoms with Gasteiger partial charge in [-0.25, -0.2) is 9.97 Å². The molecule has 5 heterocycles. The zero-order chi connectivity index (χ0) is 21.5. The monoisotopic (exact) mass is 460 g/mol. The lowest BCUT2D eigenvalue weighted by molar-refractivity contribution is 0.171. The van der Waals surface area contributed by atoms with E-state index in [4.69, 9.17) is 23.2 Å². The number of rotatable bonds is 5. The second-order valence-electron chi connectivity index (χ2n) is 8.18. The topological polar surface area (TPSA) is 85.0 Å². The van der Waals surface area contributed by atoms with Crippen LogP contribution in [0.15, 0.2) is 40.2 Å². The van der Waals surface area contributed by atoms with Crippen molar-refractivity contribution in [1.82, 2.24) is 29.3 Å². The maximum atomic E-state index is 12.5. The zero-order valence-corrected chi connectivity index (χ0v) is 18.3. The summed E-state index contributed by atoms with van der Waals surface area (Å²) >= 11 is 11.9. The van der Waals surface area contributed by atoms with Crippen LogP contribution in [0.3, 0.4) is 0 Å². The number of aromatic nitrogens is 4. The average Bonchev–Trinajstić information content (AvgIpc) is 3.15. The lowest BCUT2D eigenvalue weighted by atomic mass is 10.0. The largest absolute Gasteiger partial charge is 0.310 e. The van der Waals surface area contributed by atoms with Crippen molar-refractivity contribution in [2.75, 3.05) is 19.6 Å². The molecule has 1 fully saturated rings. The smallest absolute Gasteiger partial charge is 0.270 e. The summed E-state index contributed by atoms with van der Waals surface area (Å²) in [6.07, 6.45) is 5.11. The van der Waals surface area contributed by atoms with E-state index in [9.17, 15) is 9.59 Å². The van der Waals surface area contributed by atoms with Crippen LogP contribution in [0.25, 0.3) is 11.2 Å². The summed E-state index contributed by atoms with van der Waals surface area (Å²) in [4.78, 5) is 35.5. The number of nitrogens with one attached hydrogen (secondary N) is 1. The fraction of sp³-hybridized carbons (Fsp3) is 0.429. The van der Waals surface area contributed by atoms with Gasteiger partial charge in [-0.1, -0.05) is 23.2 Å². The first-order valence-corrected chi connectivity index (χ1v) is 11.1. The third kappa shape index (κ3) is 4.01. The van der Waals surface area contributed by atoms with Gasteiger partial charge in [-0.3, -0.25) is 18.7 Å². The van der Waals surface area contributed by atoms with Gasteiger partial charge in [0.05, 0.1) is 17.3 Å². The van der Waals surface area contributed by atoms with Gasteiger partial charge in [0, 0.05) is 37.9 Å². The number of halogens is 2.